The van der Waals surface area contributed by atoms with Crippen molar-refractivity contribution in [1.29, 1.82) is 0 Å². The number of carbonyl (C=O) groups is 3. The molecule has 0 radical (unpaired) electrons. The molecule has 1 fully saturated rings. The maximum absolute atomic E-state index is 11.8. The Morgan fingerprint density at radius 1 is 0.811 bits per heavy atom. The Morgan fingerprint density at radius 2 is 1.46 bits per heavy atom. The topological polar surface area (TPSA) is 76.1 Å². The van der Waals surface area contributed by atoms with E-state index in [1.807, 2.05) is 18.2 Å². The van der Waals surface area contributed by atoms with Crippen LogP contribution in [0.5, 0.6) is 0 Å². The number of nitrogens with zero attached hydrogens (tertiary/aromatic N) is 2. The predicted molar refractivity (Wildman–Crippen MR) is 144 cm³/mol. The van der Waals surface area contributed by atoms with Crippen molar-refractivity contribution in [2.24, 2.45) is 0 Å². The molecule has 0 aliphatic carbocycles. The second-order valence-electron chi connectivity index (χ2n) is 9.32. The van der Waals surface area contributed by atoms with E-state index in [1.54, 1.807) is 0 Å². The van der Waals surface area contributed by atoms with Crippen LogP contribution in [0.3, 0.4) is 0 Å². The molecule has 0 aromatic heterocycles. The van der Waals surface area contributed by atoms with Gasteiger partial charge in [0.1, 0.15) is 18.2 Å². The minimum Gasteiger partial charge on any atom is -0.463 e. The molecule has 1 unspecified atom stereocenters. The summed E-state index contributed by atoms with van der Waals surface area (Å²) in [7, 11) is 0. The van der Waals surface area contributed by atoms with Gasteiger partial charge in [-0.25, -0.2) is 0 Å². The van der Waals surface area contributed by atoms with Gasteiger partial charge in [-0.2, -0.15) is 0 Å². The van der Waals surface area contributed by atoms with E-state index in [1.165, 1.54) is 18.1 Å². The Balaban J connectivity index is 1.32. The first-order valence-corrected chi connectivity index (χ1v) is 13.3. The fourth-order valence-electron chi connectivity index (χ4n) is 4.40. The van der Waals surface area contributed by atoms with Crippen LogP contribution < -0.4 is 0 Å². The minimum absolute atomic E-state index is 0.0238. The van der Waals surface area contributed by atoms with Gasteiger partial charge in [0.25, 0.3) is 0 Å². The van der Waals surface area contributed by atoms with Gasteiger partial charge in [-0.1, -0.05) is 54.1 Å². The lowest BCUT2D eigenvalue weighted by atomic mass is 9.96. The maximum atomic E-state index is 11.8. The first kappa shape index (κ1) is 29.0. The molecule has 200 valence electrons. The molecule has 1 saturated heterocycles. The Hall–Kier alpha value is -2.58. The van der Waals surface area contributed by atoms with E-state index in [0.29, 0.717) is 13.2 Å². The number of hydrogen-bond donors (Lipinski definition) is 0. The summed E-state index contributed by atoms with van der Waals surface area (Å²) in [6.45, 7) is 7.15. The molecule has 0 bridgehead atoms. The van der Waals surface area contributed by atoms with Crippen molar-refractivity contribution in [3.05, 3.63) is 70.7 Å². The zero-order chi connectivity index (χ0) is 26.5. The van der Waals surface area contributed by atoms with Crippen LogP contribution in [0, 0.1) is 0 Å². The highest BCUT2D eigenvalue weighted by molar-refractivity contribution is 6.30. The summed E-state index contributed by atoms with van der Waals surface area (Å²) in [5.41, 5.74) is 2.51. The number of ether oxygens (including phenoxy) is 2. The summed E-state index contributed by atoms with van der Waals surface area (Å²) >= 11 is 6.13. The Labute approximate surface area is 224 Å². The summed E-state index contributed by atoms with van der Waals surface area (Å²) in [5, 5.41) is 0.742. The third-order valence-electron chi connectivity index (χ3n) is 6.48. The van der Waals surface area contributed by atoms with Gasteiger partial charge in [0.2, 0.25) is 0 Å². The summed E-state index contributed by atoms with van der Waals surface area (Å²) in [6, 6.07) is 18.9. The number of esters is 1. The van der Waals surface area contributed by atoms with E-state index in [2.05, 4.69) is 46.2 Å². The van der Waals surface area contributed by atoms with Crippen molar-refractivity contribution in [2.45, 2.75) is 38.6 Å². The number of Topliss-reactive ketones (excluding diaryl/α,β-unsaturated/α-hetero) is 2. The second-order valence-corrected chi connectivity index (χ2v) is 9.75. The van der Waals surface area contributed by atoms with Crippen LogP contribution >= 0.6 is 11.6 Å². The summed E-state index contributed by atoms with van der Waals surface area (Å²) in [6.07, 6.45) is 0.573. The molecule has 7 nitrogen and oxygen atoms in total. The molecule has 2 aromatic carbocycles. The number of piperazine rings is 1. The standard InChI is InChI=1S/C29H37ClN2O5/c1-23(33)7-12-27(34)13-14-28(35)37-22-21-36-20-19-31-15-17-32(18-16-31)29(24-5-3-2-4-6-24)25-8-10-26(30)11-9-25/h2-6,8-11,29H,7,12-22H2,1H3. The highest BCUT2D eigenvalue weighted by atomic mass is 35.5. The fraction of sp³-hybridized carbons (Fsp3) is 0.483. The van der Waals surface area contributed by atoms with Crippen LogP contribution in [0.25, 0.3) is 0 Å². The number of benzene rings is 2. The van der Waals surface area contributed by atoms with Crippen molar-refractivity contribution in [3.8, 4) is 0 Å². The van der Waals surface area contributed by atoms with Gasteiger partial charge in [-0.15, -0.1) is 0 Å². The van der Waals surface area contributed by atoms with Gasteiger partial charge in [0, 0.05) is 57.0 Å². The van der Waals surface area contributed by atoms with Gasteiger partial charge < -0.3 is 14.3 Å². The first-order valence-electron chi connectivity index (χ1n) is 12.9. The predicted octanol–water partition coefficient (Wildman–Crippen LogP) is 4.33. The molecule has 0 spiro atoms. The molecule has 37 heavy (non-hydrogen) atoms. The third-order valence-corrected chi connectivity index (χ3v) is 6.73. The fourth-order valence-corrected chi connectivity index (χ4v) is 4.53. The lowest BCUT2D eigenvalue weighted by Crippen LogP contribution is -2.48. The van der Waals surface area contributed by atoms with E-state index in [9.17, 15) is 14.4 Å². The van der Waals surface area contributed by atoms with Crippen LogP contribution in [-0.2, 0) is 23.9 Å². The Bertz CT molecular complexity index is 991. The van der Waals surface area contributed by atoms with Crippen LogP contribution in [0.2, 0.25) is 5.02 Å². The monoisotopic (exact) mass is 528 g/mol. The average molecular weight is 529 g/mol. The highest BCUT2D eigenvalue weighted by Gasteiger charge is 2.26. The van der Waals surface area contributed by atoms with Crippen molar-refractivity contribution in [1.82, 2.24) is 9.80 Å². The molecule has 1 heterocycles. The molecule has 0 amide bonds. The number of halogens is 1. The quantitative estimate of drug-likeness (QED) is 0.251. The summed E-state index contributed by atoms with van der Waals surface area (Å²) in [4.78, 5) is 39.2. The number of carbonyl (C=O) groups excluding carboxylic acids is 3. The van der Waals surface area contributed by atoms with Crippen molar-refractivity contribution in [2.75, 3.05) is 52.5 Å². The molecule has 1 atom stereocenters. The molecule has 1 aliphatic heterocycles. The number of ketones is 2. The van der Waals surface area contributed by atoms with Gasteiger partial charge in [-0.05, 0) is 30.2 Å². The van der Waals surface area contributed by atoms with Gasteiger partial charge in [0.05, 0.1) is 25.7 Å². The smallest absolute Gasteiger partial charge is 0.306 e. The first-order chi connectivity index (χ1) is 17.9. The third kappa shape index (κ3) is 10.4. The maximum Gasteiger partial charge on any atom is 0.306 e. The molecular formula is C29H37ClN2O5. The normalized spacial score (nSPS) is 15.3. The van der Waals surface area contributed by atoms with Gasteiger partial charge in [-0.3, -0.25) is 19.4 Å². The van der Waals surface area contributed by atoms with Crippen LogP contribution in [-0.4, -0.2) is 79.9 Å². The lowest BCUT2D eigenvalue weighted by molar-refractivity contribution is -0.146. The molecule has 1 aliphatic rings. The molecule has 0 N–H and O–H groups in total. The van der Waals surface area contributed by atoms with E-state index < -0.39 is 5.97 Å². The van der Waals surface area contributed by atoms with E-state index >= 15 is 0 Å². The SMILES string of the molecule is CC(=O)CCC(=O)CCC(=O)OCCOCCN1CCN(C(c2ccccc2)c2ccc(Cl)cc2)CC1. The van der Waals surface area contributed by atoms with E-state index in [0.717, 1.165) is 37.7 Å². The molecular weight excluding hydrogens is 492 g/mol. The van der Waals surface area contributed by atoms with E-state index in [4.69, 9.17) is 21.1 Å². The van der Waals surface area contributed by atoms with Crippen molar-refractivity contribution >= 4 is 29.1 Å². The lowest BCUT2D eigenvalue weighted by Gasteiger charge is -2.39. The van der Waals surface area contributed by atoms with Gasteiger partial charge in [0.15, 0.2) is 0 Å². The van der Waals surface area contributed by atoms with Crippen LogP contribution in [0.1, 0.15) is 49.8 Å². The van der Waals surface area contributed by atoms with Crippen LogP contribution in [0.4, 0.5) is 0 Å². The molecule has 3 rings (SSSR count). The minimum atomic E-state index is -0.412. The molecule has 2 aromatic rings. The van der Waals surface area contributed by atoms with Crippen LogP contribution in [0.15, 0.2) is 54.6 Å². The number of rotatable bonds is 15. The largest absolute Gasteiger partial charge is 0.463 e. The molecule has 8 heteroatoms. The number of hydrogen-bond acceptors (Lipinski definition) is 7. The Morgan fingerprint density at radius 3 is 2.14 bits per heavy atom. The van der Waals surface area contributed by atoms with Crippen molar-refractivity contribution in [3.63, 3.8) is 0 Å². The van der Waals surface area contributed by atoms with E-state index in [-0.39, 0.29) is 49.9 Å². The zero-order valence-corrected chi connectivity index (χ0v) is 22.3. The summed E-state index contributed by atoms with van der Waals surface area (Å²) < 4.78 is 10.8. The second kappa shape index (κ2) is 15.6. The zero-order valence-electron chi connectivity index (χ0n) is 21.6. The summed E-state index contributed by atoms with van der Waals surface area (Å²) in [5.74, 6) is -0.527. The average Bonchev–Trinajstić information content (AvgIpc) is 2.91. The molecule has 0 saturated carbocycles. The highest BCUT2D eigenvalue weighted by Crippen LogP contribution is 2.30. The van der Waals surface area contributed by atoms with Gasteiger partial charge >= 0.3 is 5.97 Å². The van der Waals surface area contributed by atoms with Crippen molar-refractivity contribution < 1.29 is 23.9 Å². The Kier molecular flexibility index (Phi) is 12.2.